The standard InChI is InChI=1S/C35H34Cl2N2O7S/c1-44-27-13-8-24(9-14-27)23-38-34(41)35(18-21-47(42,43)29-6-3-2-4-7-29)32(30-17-12-26(36)22-31(30)37)46-33(39-35)25-10-15-28(16-11-25)45-20-5-19-40/h2-4,6-17,22,32,40H,5,18-21,23H2,1H3,(H,38,41)/t32-,35-/m1/s1. The number of sulfone groups is 1. The molecule has 5 rings (SSSR count). The number of methoxy groups -OCH3 is 1. The minimum atomic E-state index is -3.82. The van der Waals surface area contributed by atoms with Crippen LogP contribution in [0.3, 0.4) is 0 Å². The Morgan fingerprint density at radius 1 is 0.979 bits per heavy atom. The van der Waals surface area contributed by atoms with Gasteiger partial charge in [-0.1, -0.05) is 59.6 Å². The van der Waals surface area contributed by atoms with Crippen LogP contribution in [-0.4, -0.2) is 56.9 Å². The molecule has 0 unspecified atom stereocenters. The molecule has 0 spiro atoms. The SMILES string of the molecule is COc1ccc(CNC(=O)[C@]2(CCS(=O)(=O)c3ccccc3)N=C(c3ccc(OCCCO)cc3)O[C@@H]2c2ccc(Cl)cc2Cl)cc1. The van der Waals surface area contributed by atoms with Gasteiger partial charge in [-0.25, -0.2) is 13.4 Å². The molecular formula is C35H34Cl2N2O7S. The third-order valence-electron chi connectivity index (χ3n) is 7.74. The summed E-state index contributed by atoms with van der Waals surface area (Å²) in [4.78, 5) is 19.4. The highest BCUT2D eigenvalue weighted by atomic mass is 35.5. The minimum absolute atomic E-state index is 0.0139. The van der Waals surface area contributed by atoms with Crippen LogP contribution in [0.2, 0.25) is 10.0 Å². The first kappa shape index (κ1) is 34.3. The zero-order valence-corrected chi connectivity index (χ0v) is 27.9. The Kier molecular flexibility index (Phi) is 11.1. The fourth-order valence-electron chi connectivity index (χ4n) is 5.18. The summed E-state index contributed by atoms with van der Waals surface area (Å²) < 4.78 is 44.4. The number of aliphatic imine (C=N–C) groups is 1. The largest absolute Gasteiger partial charge is 0.497 e. The van der Waals surface area contributed by atoms with E-state index in [1.165, 1.54) is 12.1 Å². The number of hydrogen-bond donors (Lipinski definition) is 2. The van der Waals surface area contributed by atoms with Gasteiger partial charge in [0, 0.05) is 47.2 Å². The fourth-order valence-corrected chi connectivity index (χ4v) is 7.07. The van der Waals surface area contributed by atoms with Gasteiger partial charge in [0.25, 0.3) is 5.91 Å². The molecule has 0 saturated carbocycles. The van der Waals surface area contributed by atoms with Gasteiger partial charge in [0.15, 0.2) is 21.5 Å². The molecular weight excluding hydrogens is 663 g/mol. The van der Waals surface area contributed by atoms with Crippen molar-refractivity contribution in [1.82, 2.24) is 5.32 Å². The second kappa shape index (κ2) is 15.2. The molecule has 4 aromatic rings. The van der Waals surface area contributed by atoms with Crippen molar-refractivity contribution in [2.45, 2.75) is 35.9 Å². The Morgan fingerprint density at radius 2 is 1.68 bits per heavy atom. The van der Waals surface area contributed by atoms with Crippen LogP contribution in [0.5, 0.6) is 11.5 Å². The maximum absolute atomic E-state index is 14.4. The Morgan fingerprint density at radius 3 is 2.34 bits per heavy atom. The second-order valence-corrected chi connectivity index (χ2v) is 13.8. The molecule has 0 saturated heterocycles. The van der Waals surface area contributed by atoms with Crippen LogP contribution in [-0.2, 0) is 25.9 Å². The second-order valence-electron chi connectivity index (χ2n) is 10.9. The quantitative estimate of drug-likeness (QED) is 0.151. The molecule has 47 heavy (non-hydrogen) atoms. The number of amides is 1. The molecule has 4 aromatic carbocycles. The van der Waals surface area contributed by atoms with Gasteiger partial charge >= 0.3 is 0 Å². The average Bonchev–Trinajstić information content (AvgIpc) is 3.48. The van der Waals surface area contributed by atoms with Crippen LogP contribution in [0, 0.1) is 0 Å². The average molecular weight is 698 g/mol. The first-order valence-corrected chi connectivity index (χ1v) is 17.3. The van der Waals surface area contributed by atoms with Gasteiger partial charge in [-0.15, -0.1) is 0 Å². The molecule has 1 aliphatic heterocycles. The van der Waals surface area contributed by atoms with Crippen LogP contribution in [0.25, 0.3) is 0 Å². The molecule has 0 radical (unpaired) electrons. The molecule has 9 nitrogen and oxygen atoms in total. The minimum Gasteiger partial charge on any atom is -0.497 e. The molecule has 0 aromatic heterocycles. The Balaban J connectivity index is 1.56. The number of nitrogens with zero attached hydrogens (tertiary/aromatic N) is 1. The maximum atomic E-state index is 14.4. The van der Waals surface area contributed by atoms with Gasteiger partial charge in [0.05, 0.1) is 24.4 Å². The van der Waals surface area contributed by atoms with E-state index in [1.807, 2.05) is 12.1 Å². The van der Waals surface area contributed by atoms with Crippen LogP contribution in [0.1, 0.15) is 35.6 Å². The van der Waals surface area contributed by atoms with Crippen molar-refractivity contribution in [2.24, 2.45) is 4.99 Å². The summed E-state index contributed by atoms with van der Waals surface area (Å²) in [5.41, 5.74) is 0.0326. The summed E-state index contributed by atoms with van der Waals surface area (Å²) in [6, 6.07) is 27.0. The topological polar surface area (TPSA) is 124 Å². The van der Waals surface area contributed by atoms with Gasteiger partial charge in [0.2, 0.25) is 5.90 Å². The zero-order valence-electron chi connectivity index (χ0n) is 25.6. The van der Waals surface area contributed by atoms with E-state index >= 15 is 0 Å². The lowest BCUT2D eigenvalue weighted by Gasteiger charge is -2.31. The highest BCUT2D eigenvalue weighted by molar-refractivity contribution is 7.91. The van der Waals surface area contributed by atoms with Gasteiger partial charge in [-0.05, 0) is 66.2 Å². The number of benzene rings is 4. The van der Waals surface area contributed by atoms with Crippen LogP contribution < -0.4 is 14.8 Å². The molecule has 0 bridgehead atoms. The van der Waals surface area contributed by atoms with Crippen molar-refractivity contribution in [1.29, 1.82) is 0 Å². The van der Waals surface area contributed by atoms with Gasteiger partial charge in [-0.3, -0.25) is 4.79 Å². The van der Waals surface area contributed by atoms with E-state index in [1.54, 1.807) is 79.9 Å². The molecule has 246 valence electrons. The molecule has 1 aliphatic rings. The van der Waals surface area contributed by atoms with E-state index in [2.05, 4.69) is 5.32 Å². The lowest BCUT2D eigenvalue weighted by molar-refractivity contribution is -0.129. The highest BCUT2D eigenvalue weighted by Gasteiger charge is 2.54. The lowest BCUT2D eigenvalue weighted by Crippen LogP contribution is -2.49. The summed E-state index contributed by atoms with van der Waals surface area (Å²) in [6.07, 6.45) is -0.820. The molecule has 0 fully saturated rings. The van der Waals surface area contributed by atoms with Crippen molar-refractivity contribution < 1.29 is 32.5 Å². The van der Waals surface area contributed by atoms with Crippen molar-refractivity contribution >= 4 is 44.8 Å². The number of aliphatic hydroxyl groups excluding tert-OH is 1. The smallest absolute Gasteiger partial charge is 0.252 e. The number of carbonyl (C=O) groups is 1. The molecule has 2 N–H and O–H groups in total. The summed E-state index contributed by atoms with van der Waals surface area (Å²) in [7, 11) is -2.25. The van der Waals surface area contributed by atoms with Crippen LogP contribution in [0.15, 0.2) is 107 Å². The molecule has 12 heteroatoms. The van der Waals surface area contributed by atoms with Crippen molar-refractivity contribution in [3.05, 3.63) is 124 Å². The van der Waals surface area contributed by atoms with E-state index in [0.717, 1.165) is 5.56 Å². The van der Waals surface area contributed by atoms with Crippen LogP contribution in [0.4, 0.5) is 0 Å². The maximum Gasteiger partial charge on any atom is 0.252 e. The molecule has 1 amide bonds. The number of carbonyl (C=O) groups excluding carboxylic acids is 1. The third kappa shape index (κ3) is 8.08. The third-order valence-corrected chi connectivity index (χ3v) is 10.0. The first-order chi connectivity index (χ1) is 22.6. The Bertz CT molecular complexity index is 1820. The Labute approximate surface area is 284 Å². The normalized spacial score (nSPS) is 17.4. The van der Waals surface area contributed by atoms with Crippen molar-refractivity contribution in [3.63, 3.8) is 0 Å². The number of nitrogens with one attached hydrogen (secondary N) is 1. The van der Waals surface area contributed by atoms with E-state index in [0.29, 0.717) is 40.7 Å². The van der Waals surface area contributed by atoms with Gasteiger partial charge < -0.3 is 24.6 Å². The van der Waals surface area contributed by atoms with E-state index in [9.17, 15) is 13.2 Å². The van der Waals surface area contributed by atoms with E-state index in [4.69, 9.17) is 47.5 Å². The number of halogens is 2. The monoisotopic (exact) mass is 696 g/mol. The summed E-state index contributed by atoms with van der Waals surface area (Å²) in [5, 5.41) is 12.6. The molecule has 0 aliphatic carbocycles. The van der Waals surface area contributed by atoms with Gasteiger partial charge in [0.1, 0.15) is 11.5 Å². The summed E-state index contributed by atoms with van der Waals surface area (Å²) in [6.45, 7) is 0.500. The lowest BCUT2D eigenvalue weighted by atomic mass is 9.85. The van der Waals surface area contributed by atoms with Crippen LogP contribution >= 0.6 is 23.2 Å². The predicted molar refractivity (Wildman–Crippen MR) is 181 cm³/mol. The highest BCUT2D eigenvalue weighted by Crippen LogP contribution is 2.45. The Hall–Kier alpha value is -4.09. The van der Waals surface area contributed by atoms with Gasteiger partial charge in [-0.2, -0.15) is 0 Å². The molecule has 1 heterocycles. The van der Waals surface area contributed by atoms with E-state index < -0.39 is 33.1 Å². The van der Waals surface area contributed by atoms with Crippen molar-refractivity contribution in [2.75, 3.05) is 26.1 Å². The molecule has 2 atom stereocenters. The number of rotatable bonds is 14. The summed E-state index contributed by atoms with van der Waals surface area (Å²) in [5.74, 6) is 0.456. The first-order valence-electron chi connectivity index (χ1n) is 14.9. The van der Waals surface area contributed by atoms with E-state index in [-0.39, 0.29) is 35.4 Å². The number of ether oxygens (including phenoxy) is 3. The number of aliphatic hydroxyl groups is 1. The van der Waals surface area contributed by atoms with Crippen molar-refractivity contribution in [3.8, 4) is 11.5 Å². The number of hydrogen-bond acceptors (Lipinski definition) is 8. The zero-order chi connectivity index (χ0) is 33.4. The predicted octanol–water partition coefficient (Wildman–Crippen LogP) is 6.20. The summed E-state index contributed by atoms with van der Waals surface area (Å²) >= 11 is 12.9. The fraction of sp³-hybridized carbons (Fsp3) is 0.257.